The maximum Gasteiger partial charge on any atom is 0.287 e. The number of hydrogen-bond donors (Lipinski definition) is 2. The van der Waals surface area contributed by atoms with Crippen LogP contribution in [-0.4, -0.2) is 20.9 Å². The van der Waals surface area contributed by atoms with E-state index < -0.39 is 15.9 Å². The first-order valence-corrected chi connectivity index (χ1v) is 8.73. The van der Waals surface area contributed by atoms with Crippen LogP contribution in [0.3, 0.4) is 0 Å². The second kappa shape index (κ2) is 5.81. The highest BCUT2D eigenvalue weighted by Gasteiger charge is 2.32. The number of carbonyl (C=O) groups is 1. The molecule has 3 N–H and O–H groups in total. The van der Waals surface area contributed by atoms with Gasteiger partial charge in [-0.1, -0.05) is 19.8 Å². The highest BCUT2D eigenvalue weighted by Crippen LogP contribution is 2.40. The highest BCUT2D eigenvalue weighted by atomic mass is 32.2. The van der Waals surface area contributed by atoms with Crippen LogP contribution in [0.25, 0.3) is 0 Å². The molecule has 1 aliphatic rings. The Morgan fingerprint density at radius 1 is 1.43 bits per heavy atom. The fourth-order valence-corrected chi connectivity index (χ4v) is 3.71. The maximum atomic E-state index is 12.1. The van der Waals surface area contributed by atoms with Crippen LogP contribution >= 0.6 is 0 Å². The van der Waals surface area contributed by atoms with Crippen LogP contribution < -0.4 is 10.5 Å². The topological polar surface area (TPSA) is 102 Å². The van der Waals surface area contributed by atoms with Crippen LogP contribution in [0, 0.1) is 12.3 Å². The van der Waals surface area contributed by atoms with E-state index in [1.54, 1.807) is 0 Å². The number of furan rings is 1. The first-order valence-electron chi connectivity index (χ1n) is 7.19. The quantitative estimate of drug-likeness (QED) is 0.866. The first kappa shape index (κ1) is 16.0. The minimum absolute atomic E-state index is 0.0132. The van der Waals surface area contributed by atoms with Gasteiger partial charge in [-0.25, -0.2) is 13.6 Å². The smallest absolute Gasteiger partial charge is 0.287 e. The molecule has 1 aromatic rings. The fraction of sp³-hybridized carbons (Fsp3) is 0.643. The normalized spacial score (nSPS) is 17.9. The standard InChI is InChI=1S/C14H22N2O4S/c1-3-14(6-4-5-7-14)9-16-13(17)11-8-12(10(2)20-11)21(15,18)19/h8H,3-7,9H2,1-2H3,(H,16,17)(H2,15,18,19). The van der Waals surface area contributed by atoms with Crippen LogP contribution in [0.2, 0.25) is 0 Å². The van der Waals surface area contributed by atoms with Gasteiger partial charge in [-0.05, 0) is 31.6 Å². The summed E-state index contributed by atoms with van der Waals surface area (Å²) in [6.45, 7) is 4.20. The van der Waals surface area contributed by atoms with Crippen molar-refractivity contribution in [2.45, 2.75) is 50.8 Å². The van der Waals surface area contributed by atoms with E-state index >= 15 is 0 Å². The third kappa shape index (κ3) is 3.47. The molecule has 0 saturated heterocycles. The third-order valence-electron chi connectivity index (χ3n) is 4.44. The van der Waals surface area contributed by atoms with Crippen molar-refractivity contribution in [3.8, 4) is 0 Å². The van der Waals surface area contributed by atoms with Gasteiger partial charge in [-0.15, -0.1) is 0 Å². The van der Waals surface area contributed by atoms with Gasteiger partial charge in [0.15, 0.2) is 5.76 Å². The van der Waals surface area contributed by atoms with E-state index in [-0.39, 0.29) is 21.8 Å². The molecule has 1 amide bonds. The van der Waals surface area contributed by atoms with E-state index in [1.807, 2.05) is 0 Å². The largest absolute Gasteiger partial charge is 0.455 e. The molecule has 0 unspecified atom stereocenters. The summed E-state index contributed by atoms with van der Waals surface area (Å²) in [6, 6.07) is 1.19. The lowest BCUT2D eigenvalue weighted by molar-refractivity contribution is 0.0899. The summed E-state index contributed by atoms with van der Waals surface area (Å²) in [5.74, 6) is -0.276. The molecule has 1 saturated carbocycles. The van der Waals surface area contributed by atoms with Gasteiger partial charge >= 0.3 is 0 Å². The van der Waals surface area contributed by atoms with Gasteiger partial charge in [-0.2, -0.15) is 0 Å². The SMILES string of the molecule is CCC1(CNC(=O)c2cc(S(N)(=O)=O)c(C)o2)CCCC1. The average molecular weight is 314 g/mol. The molecule has 0 bridgehead atoms. The molecule has 7 heteroatoms. The number of amides is 1. The van der Waals surface area contributed by atoms with E-state index in [0.717, 1.165) is 19.3 Å². The third-order valence-corrected chi connectivity index (χ3v) is 5.46. The van der Waals surface area contributed by atoms with Crippen molar-refractivity contribution in [2.75, 3.05) is 6.54 Å². The molecule has 1 fully saturated rings. The van der Waals surface area contributed by atoms with E-state index in [2.05, 4.69) is 12.2 Å². The fourth-order valence-electron chi connectivity index (χ4n) is 2.99. The van der Waals surface area contributed by atoms with Crippen molar-refractivity contribution in [1.82, 2.24) is 5.32 Å². The Labute approximate surface area is 125 Å². The van der Waals surface area contributed by atoms with Gasteiger partial charge in [0.05, 0.1) is 0 Å². The zero-order chi connectivity index (χ0) is 15.7. The molecule has 21 heavy (non-hydrogen) atoms. The predicted octanol–water partition coefficient (Wildman–Crippen LogP) is 1.94. The molecule has 1 aliphatic carbocycles. The summed E-state index contributed by atoms with van der Waals surface area (Å²) in [5.41, 5.74) is 0.167. The summed E-state index contributed by atoms with van der Waals surface area (Å²) in [7, 11) is -3.87. The average Bonchev–Trinajstić information content (AvgIpc) is 3.02. The van der Waals surface area contributed by atoms with Gasteiger partial charge in [0.2, 0.25) is 10.0 Å². The number of sulfonamides is 1. The molecule has 2 rings (SSSR count). The molecule has 1 aromatic heterocycles. The Hall–Kier alpha value is -1.34. The van der Waals surface area contributed by atoms with Crippen molar-refractivity contribution in [1.29, 1.82) is 0 Å². The van der Waals surface area contributed by atoms with Crippen molar-refractivity contribution in [3.05, 3.63) is 17.6 Å². The number of nitrogens with two attached hydrogens (primary N) is 1. The lowest BCUT2D eigenvalue weighted by atomic mass is 9.83. The summed E-state index contributed by atoms with van der Waals surface area (Å²) in [4.78, 5) is 12.0. The lowest BCUT2D eigenvalue weighted by Crippen LogP contribution is -2.35. The van der Waals surface area contributed by atoms with Crippen LogP contribution in [-0.2, 0) is 10.0 Å². The van der Waals surface area contributed by atoms with Gasteiger partial charge in [0, 0.05) is 12.6 Å². The van der Waals surface area contributed by atoms with Crippen LogP contribution in [0.1, 0.15) is 55.3 Å². The Bertz CT molecular complexity index is 627. The lowest BCUT2D eigenvalue weighted by Gasteiger charge is -2.27. The molecule has 0 aliphatic heterocycles. The molecule has 0 aromatic carbocycles. The Balaban J connectivity index is 2.07. The maximum absolute atomic E-state index is 12.1. The summed E-state index contributed by atoms with van der Waals surface area (Å²) < 4.78 is 27.9. The molecule has 0 spiro atoms. The minimum atomic E-state index is -3.87. The highest BCUT2D eigenvalue weighted by molar-refractivity contribution is 7.89. The monoisotopic (exact) mass is 314 g/mol. The number of aryl methyl sites for hydroxylation is 1. The van der Waals surface area contributed by atoms with Crippen LogP contribution in [0.15, 0.2) is 15.4 Å². The molecular formula is C14H22N2O4S. The number of rotatable bonds is 5. The Kier molecular flexibility index (Phi) is 4.43. The minimum Gasteiger partial charge on any atom is -0.455 e. The van der Waals surface area contributed by atoms with Gasteiger partial charge in [0.25, 0.3) is 5.91 Å². The molecule has 6 nitrogen and oxygen atoms in total. The van der Waals surface area contributed by atoms with E-state index in [4.69, 9.17) is 9.56 Å². The number of primary sulfonamides is 1. The van der Waals surface area contributed by atoms with Gasteiger partial charge in [-0.3, -0.25) is 4.79 Å². The zero-order valence-electron chi connectivity index (χ0n) is 12.4. The molecular weight excluding hydrogens is 292 g/mol. The Morgan fingerprint density at radius 2 is 2.05 bits per heavy atom. The van der Waals surface area contributed by atoms with E-state index in [1.165, 1.54) is 25.8 Å². The van der Waals surface area contributed by atoms with Gasteiger partial charge in [0.1, 0.15) is 10.7 Å². The van der Waals surface area contributed by atoms with E-state index in [9.17, 15) is 13.2 Å². The number of carbonyl (C=O) groups excluding carboxylic acids is 1. The first-order chi connectivity index (χ1) is 9.77. The predicted molar refractivity (Wildman–Crippen MR) is 78.3 cm³/mol. The van der Waals surface area contributed by atoms with E-state index in [0.29, 0.717) is 6.54 Å². The molecule has 0 atom stereocenters. The second-order valence-corrected chi connectivity index (χ2v) is 7.35. The zero-order valence-corrected chi connectivity index (χ0v) is 13.3. The molecule has 1 heterocycles. The molecule has 0 radical (unpaired) electrons. The van der Waals surface area contributed by atoms with Crippen molar-refractivity contribution >= 4 is 15.9 Å². The Morgan fingerprint density at radius 3 is 2.52 bits per heavy atom. The number of nitrogens with one attached hydrogen (secondary N) is 1. The van der Waals surface area contributed by atoms with Crippen LogP contribution in [0.5, 0.6) is 0 Å². The number of hydrogen-bond acceptors (Lipinski definition) is 4. The van der Waals surface area contributed by atoms with Crippen molar-refractivity contribution < 1.29 is 17.6 Å². The summed E-state index contributed by atoms with van der Waals surface area (Å²) in [6.07, 6.45) is 5.64. The van der Waals surface area contributed by atoms with Crippen molar-refractivity contribution in [2.24, 2.45) is 10.6 Å². The summed E-state index contributed by atoms with van der Waals surface area (Å²) in [5, 5.41) is 7.92. The van der Waals surface area contributed by atoms with Crippen molar-refractivity contribution in [3.63, 3.8) is 0 Å². The second-order valence-electron chi connectivity index (χ2n) is 5.82. The molecule has 118 valence electrons. The van der Waals surface area contributed by atoms with Gasteiger partial charge < -0.3 is 9.73 Å². The van der Waals surface area contributed by atoms with Crippen LogP contribution in [0.4, 0.5) is 0 Å². The summed E-state index contributed by atoms with van der Waals surface area (Å²) >= 11 is 0.